The molecule has 242 valence electrons. The van der Waals surface area contributed by atoms with E-state index in [0.29, 0.717) is 16.9 Å². The molecular weight excluding hydrogens is 672 g/mol. The number of rotatable bonds is 2. The van der Waals surface area contributed by atoms with Crippen LogP contribution < -0.4 is 17.2 Å². The van der Waals surface area contributed by atoms with Gasteiger partial charge in [0.15, 0.2) is 42.3 Å². The largest absolute Gasteiger partial charge is 0.387 e. The standard InChI is InChI=1S/C22H29N11O8P2S2/c1-42(44)36-3-7-13(34)17(16(38-7)10-9-11(32-31-10)19(24)30-22(25)29-9)41-43(2,45)37-4-8-15(40-42)14(35)21(39-8)33-6-28-12-18(23)26-5-27-20(12)33/h5-8,10,13-17,21,34-35,44-45H,1-4H2,(H2,23,26,27)(H4,24,25,29,30)/t7-,8+,10?,13-,14-,15+,16+,17-,21+,42+,43+/m1/s1. The predicted octanol–water partition coefficient (Wildman–Crippen LogP) is 0.654. The van der Waals surface area contributed by atoms with Crippen LogP contribution in [-0.2, 0) is 27.6 Å². The molecule has 45 heavy (non-hydrogen) atoms. The van der Waals surface area contributed by atoms with Gasteiger partial charge in [-0.2, -0.15) is 10.1 Å². The molecule has 23 heteroatoms. The van der Waals surface area contributed by atoms with Gasteiger partial charge in [0, 0.05) is 0 Å². The number of imidazole rings is 1. The van der Waals surface area contributed by atoms with Gasteiger partial charge in [0.25, 0.3) is 0 Å². The Kier molecular flexibility index (Phi) is 7.90. The highest BCUT2D eigenvalue weighted by molar-refractivity contribution is 8.48. The summed E-state index contributed by atoms with van der Waals surface area (Å²) in [5.74, 6) is 0.129. The van der Waals surface area contributed by atoms with Gasteiger partial charge >= 0.3 is 0 Å². The number of nitrogens with two attached hydrogens (primary N) is 3. The number of aromatic nitrogens is 6. The van der Waals surface area contributed by atoms with Crippen molar-refractivity contribution in [3.05, 3.63) is 18.3 Å². The molecule has 3 aromatic rings. The van der Waals surface area contributed by atoms with Gasteiger partial charge in [0.1, 0.15) is 66.3 Å². The van der Waals surface area contributed by atoms with E-state index in [1.54, 1.807) is 0 Å². The van der Waals surface area contributed by atoms with Crippen LogP contribution in [0.1, 0.15) is 18.0 Å². The second-order valence-electron chi connectivity index (χ2n) is 10.6. The number of hydrogen-bond acceptors (Lipinski definition) is 20. The summed E-state index contributed by atoms with van der Waals surface area (Å²) < 4.78 is 38.4. The second kappa shape index (κ2) is 11.4. The van der Waals surface area contributed by atoms with Crippen molar-refractivity contribution in [1.29, 1.82) is 0 Å². The molecule has 4 aliphatic rings. The number of thiol groups is 2. The number of azo groups is 1. The van der Waals surface area contributed by atoms with Crippen molar-refractivity contribution in [3.63, 3.8) is 0 Å². The number of hydrogen-bond donors (Lipinski definition) is 7. The van der Waals surface area contributed by atoms with E-state index in [2.05, 4.69) is 72.2 Å². The number of ether oxygens (including phenoxy) is 2. The van der Waals surface area contributed by atoms with Gasteiger partial charge in [0.2, 0.25) is 5.95 Å². The maximum Gasteiger partial charge on any atom is 0.222 e. The van der Waals surface area contributed by atoms with Gasteiger partial charge < -0.3 is 55.0 Å². The minimum Gasteiger partial charge on any atom is -0.387 e. The minimum atomic E-state index is -3.28. The second-order valence-corrected chi connectivity index (χ2v) is 17.8. The minimum absolute atomic E-state index is 0.0448. The molecule has 0 radical (unpaired) electrons. The lowest BCUT2D eigenvalue weighted by atomic mass is 10.00. The number of fused-ring (bicyclic) bond motifs is 5. The maximum absolute atomic E-state index is 11.4. The molecule has 11 atom stereocenters. The van der Waals surface area contributed by atoms with E-state index in [-0.39, 0.29) is 36.5 Å². The average Bonchev–Trinajstić information content (AvgIpc) is 3.72. The summed E-state index contributed by atoms with van der Waals surface area (Å²) in [5, 5.41) is 31.2. The van der Waals surface area contributed by atoms with Gasteiger partial charge in [-0.1, -0.05) is 24.5 Å². The number of aliphatic hydroxyl groups excluding tert-OH is 2. The molecule has 7 rings (SSSR count). The highest BCUT2D eigenvalue weighted by atomic mass is 32.7. The Morgan fingerprint density at radius 3 is 2.33 bits per heavy atom. The molecule has 0 saturated carbocycles. The lowest BCUT2D eigenvalue weighted by Crippen LogP contribution is -2.37. The predicted molar refractivity (Wildman–Crippen MR) is 170 cm³/mol. The number of nitrogen functional groups attached to an aromatic ring is 3. The van der Waals surface area contributed by atoms with Gasteiger partial charge in [0.05, 0.1) is 19.5 Å². The van der Waals surface area contributed by atoms with Crippen molar-refractivity contribution < 1.29 is 37.8 Å². The maximum atomic E-state index is 11.4. The SMILES string of the molecule is C=[P@]1(S)OC[C@H]2O[C@@H](C3N=Nc4c(N)nc(N)nc43)[C@H](O[P@@](=C)(S)OC[C@@H]3O[C@H](n4cnc5c(N)ncnc54)[C@H](O)[C@H]3O1)[C@@H]2O. The fourth-order valence-electron chi connectivity index (χ4n) is 5.58. The zero-order valence-corrected chi connectivity index (χ0v) is 26.7. The van der Waals surface area contributed by atoms with Crippen molar-refractivity contribution in [1.82, 2.24) is 29.5 Å². The van der Waals surface area contributed by atoms with Crippen molar-refractivity contribution in [2.24, 2.45) is 10.2 Å². The van der Waals surface area contributed by atoms with Crippen molar-refractivity contribution in [2.75, 3.05) is 30.4 Å². The molecule has 7 heterocycles. The third-order valence-electron chi connectivity index (χ3n) is 7.63. The van der Waals surface area contributed by atoms with Gasteiger partial charge in [-0.25, -0.2) is 19.9 Å². The summed E-state index contributed by atoms with van der Waals surface area (Å²) in [7, 11) is 0. The molecule has 3 fully saturated rings. The Bertz CT molecular complexity index is 1790. The van der Waals surface area contributed by atoms with E-state index >= 15 is 0 Å². The summed E-state index contributed by atoms with van der Waals surface area (Å²) in [4.78, 5) is 20.6. The summed E-state index contributed by atoms with van der Waals surface area (Å²) in [6, 6.07) is -0.869. The van der Waals surface area contributed by atoms with E-state index in [0.717, 1.165) is 0 Å². The zero-order valence-electron chi connectivity index (χ0n) is 23.1. The molecule has 3 saturated heterocycles. The third-order valence-corrected chi connectivity index (χ3v) is 11.1. The highest BCUT2D eigenvalue weighted by Crippen LogP contribution is 2.60. The average molecular weight is 702 g/mol. The van der Waals surface area contributed by atoms with Crippen LogP contribution in [0.2, 0.25) is 0 Å². The van der Waals surface area contributed by atoms with Crippen LogP contribution in [-0.4, -0.2) is 108 Å². The fourth-order valence-corrected chi connectivity index (χ4v) is 8.79. The molecule has 0 aromatic carbocycles. The number of aliphatic hydroxyl groups is 2. The van der Waals surface area contributed by atoms with Crippen LogP contribution in [0.4, 0.5) is 23.3 Å². The first-order valence-corrected chi connectivity index (χ1v) is 19.3. The monoisotopic (exact) mass is 701 g/mol. The van der Waals surface area contributed by atoms with Crippen molar-refractivity contribution in [2.45, 2.75) is 55.0 Å². The molecule has 0 spiro atoms. The molecule has 2 bridgehead atoms. The molecule has 0 aliphatic carbocycles. The first kappa shape index (κ1) is 31.2. The Hall–Kier alpha value is -2.39. The van der Waals surface area contributed by atoms with E-state index in [9.17, 15) is 10.2 Å². The van der Waals surface area contributed by atoms with Crippen LogP contribution >= 0.6 is 37.6 Å². The van der Waals surface area contributed by atoms with Crippen molar-refractivity contribution in [3.8, 4) is 0 Å². The van der Waals surface area contributed by atoms with Crippen LogP contribution in [0.5, 0.6) is 0 Å². The molecule has 3 aromatic heterocycles. The summed E-state index contributed by atoms with van der Waals surface area (Å²) in [6.45, 7) is -6.96. The van der Waals surface area contributed by atoms with E-state index < -0.39 is 68.1 Å². The number of nitrogens with zero attached hydrogens (tertiary/aromatic N) is 8. The van der Waals surface area contributed by atoms with Gasteiger partial charge in [-0.15, -0.1) is 5.11 Å². The lowest BCUT2D eigenvalue weighted by molar-refractivity contribution is -0.0490. The van der Waals surface area contributed by atoms with Gasteiger partial charge in [-0.05, 0) is 12.6 Å². The third kappa shape index (κ3) is 5.64. The fraction of sp³-hybridized carbons (Fsp3) is 0.500. The topological polar surface area (TPSA) is 268 Å². The molecule has 4 aliphatic heterocycles. The summed E-state index contributed by atoms with van der Waals surface area (Å²) in [6.07, 6.45) is 2.17. The normalized spacial score (nSPS) is 40.0. The zero-order chi connectivity index (χ0) is 31.8. The van der Waals surface area contributed by atoms with E-state index in [4.69, 9.17) is 44.8 Å². The van der Waals surface area contributed by atoms with Gasteiger partial charge in [-0.3, -0.25) is 4.57 Å². The molecule has 1 unspecified atom stereocenters. The Balaban J connectivity index is 1.18. The smallest absolute Gasteiger partial charge is 0.222 e. The Labute approximate surface area is 265 Å². The molecular formula is C22H29N11O8P2S2. The lowest BCUT2D eigenvalue weighted by Gasteiger charge is -2.30. The van der Waals surface area contributed by atoms with Crippen molar-refractivity contribution >= 4 is 84.6 Å². The molecule has 8 N–H and O–H groups in total. The highest BCUT2D eigenvalue weighted by Gasteiger charge is 2.54. The Morgan fingerprint density at radius 1 is 0.867 bits per heavy atom. The van der Waals surface area contributed by atoms with Crippen LogP contribution in [0.15, 0.2) is 22.9 Å². The van der Waals surface area contributed by atoms with Crippen LogP contribution in [0, 0.1) is 0 Å². The van der Waals surface area contributed by atoms with Crippen LogP contribution in [0.3, 0.4) is 0 Å². The summed E-state index contributed by atoms with van der Waals surface area (Å²) >= 11 is 9.15. The van der Waals surface area contributed by atoms with E-state index in [1.807, 2.05) is 0 Å². The summed E-state index contributed by atoms with van der Waals surface area (Å²) in [5.41, 5.74) is 19.0. The Morgan fingerprint density at radius 2 is 1.58 bits per heavy atom. The molecule has 19 nitrogen and oxygen atoms in total. The first-order valence-electron chi connectivity index (χ1n) is 13.3. The van der Waals surface area contributed by atoms with E-state index in [1.165, 1.54) is 17.2 Å². The quantitative estimate of drug-likeness (QED) is 0.143. The molecule has 0 amide bonds. The van der Waals surface area contributed by atoms with Crippen LogP contribution in [0.25, 0.3) is 11.2 Å². The number of anilines is 3. The first-order chi connectivity index (χ1) is 21.3.